The molecule has 0 spiro atoms. The van der Waals surface area contributed by atoms with Gasteiger partial charge in [0, 0.05) is 15.8 Å². The van der Waals surface area contributed by atoms with Crippen LogP contribution in [0.4, 0.5) is 8.78 Å². The van der Waals surface area contributed by atoms with E-state index in [1.54, 1.807) is 18.2 Å². The highest BCUT2D eigenvalue weighted by Crippen LogP contribution is 2.14. The van der Waals surface area contributed by atoms with Crippen molar-refractivity contribution in [2.75, 3.05) is 0 Å². The number of benzene rings is 1. The lowest BCUT2D eigenvalue weighted by molar-refractivity contribution is 0.152. The molecule has 0 N–H and O–H groups in total. The van der Waals surface area contributed by atoms with E-state index < -0.39 is 6.43 Å². The lowest BCUT2D eigenvalue weighted by atomic mass is 10.2. The van der Waals surface area contributed by atoms with Crippen LogP contribution in [0.25, 0.3) is 0 Å². The van der Waals surface area contributed by atoms with Crippen molar-refractivity contribution in [3.8, 4) is 0 Å². The molecule has 1 aromatic rings. The Morgan fingerprint density at radius 2 is 1.80 bits per heavy atom. The highest BCUT2D eigenvalue weighted by Gasteiger charge is 2.07. The van der Waals surface area contributed by atoms with Crippen molar-refractivity contribution in [2.45, 2.75) is 6.43 Å². The Morgan fingerprint density at radius 3 is 2.20 bits per heavy atom. The lowest BCUT2D eigenvalue weighted by Gasteiger charge is -2.01. The van der Waals surface area contributed by atoms with Gasteiger partial charge >= 0.3 is 0 Å². The Kier molecular flexibility index (Phi) is 2.16. The van der Waals surface area contributed by atoms with E-state index in [2.05, 4.69) is 0 Å². The third-order valence-electron chi connectivity index (χ3n) is 1.42. The van der Waals surface area contributed by atoms with Gasteiger partial charge < -0.3 is 0 Å². The first-order valence-corrected chi connectivity index (χ1v) is 4.05. The molecule has 0 unspecified atom stereocenters. The Balaban J connectivity index is 3.03. The standard InChI is InChI=1S/C7H8F2Si/c8-7(9)5-3-1-2-4-6(5)10/h1-4,7H,10H3. The van der Waals surface area contributed by atoms with Gasteiger partial charge in [-0.15, -0.1) is 0 Å². The third-order valence-corrected chi connectivity index (χ3v) is 2.33. The van der Waals surface area contributed by atoms with Crippen LogP contribution in [0.1, 0.15) is 12.0 Å². The van der Waals surface area contributed by atoms with Gasteiger partial charge in [0.25, 0.3) is 6.43 Å². The van der Waals surface area contributed by atoms with E-state index in [4.69, 9.17) is 0 Å². The molecular weight excluding hydrogens is 150 g/mol. The quantitative estimate of drug-likeness (QED) is 0.525. The van der Waals surface area contributed by atoms with Crippen LogP contribution in [0.3, 0.4) is 0 Å². The maximum atomic E-state index is 12.1. The van der Waals surface area contributed by atoms with Gasteiger partial charge in [0.05, 0.1) is 0 Å². The molecule has 0 aliphatic heterocycles. The average Bonchev–Trinajstić information content (AvgIpc) is 1.88. The van der Waals surface area contributed by atoms with Gasteiger partial charge in [-0.3, -0.25) is 0 Å². The fourth-order valence-electron chi connectivity index (χ4n) is 0.832. The summed E-state index contributed by atoms with van der Waals surface area (Å²) < 4.78 is 24.1. The Labute approximate surface area is 61.3 Å². The van der Waals surface area contributed by atoms with Gasteiger partial charge in [0.15, 0.2) is 0 Å². The fraction of sp³-hybridized carbons (Fsp3) is 0.143. The van der Waals surface area contributed by atoms with E-state index in [1.807, 2.05) is 0 Å². The van der Waals surface area contributed by atoms with Crippen molar-refractivity contribution in [3.05, 3.63) is 29.8 Å². The van der Waals surface area contributed by atoms with Crippen molar-refractivity contribution >= 4 is 15.4 Å². The second-order valence-corrected chi connectivity index (χ2v) is 3.23. The molecular formula is C7H8F2Si. The zero-order valence-electron chi connectivity index (χ0n) is 5.64. The molecule has 0 aromatic heterocycles. The summed E-state index contributed by atoms with van der Waals surface area (Å²) in [7, 11) is 0.693. The summed E-state index contributed by atoms with van der Waals surface area (Å²) in [5.41, 5.74) is 0.189. The van der Waals surface area contributed by atoms with Gasteiger partial charge in [-0.25, -0.2) is 8.78 Å². The number of hydrogen-bond acceptors (Lipinski definition) is 0. The molecule has 0 heterocycles. The second kappa shape index (κ2) is 2.92. The van der Waals surface area contributed by atoms with Crippen LogP contribution in [0, 0.1) is 0 Å². The molecule has 0 saturated carbocycles. The van der Waals surface area contributed by atoms with Crippen LogP contribution in [-0.4, -0.2) is 10.2 Å². The minimum absolute atomic E-state index is 0.189. The Hall–Kier alpha value is -0.703. The first kappa shape index (κ1) is 7.40. The molecule has 0 aliphatic carbocycles. The summed E-state index contributed by atoms with van der Waals surface area (Å²) in [5.74, 6) is 0. The maximum Gasteiger partial charge on any atom is 0.263 e. The SMILES string of the molecule is FC(F)c1ccccc1[SiH3]. The minimum Gasteiger partial charge on any atom is -0.205 e. The number of alkyl halides is 2. The van der Waals surface area contributed by atoms with Crippen LogP contribution in [0.15, 0.2) is 24.3 Å². The van der Waals surface area contributed by atoms with E-state index in [0.717, 1.165) is 5.19 Å². The van der Waals surface area contributed by atoms with Gasteiger partial charge in [-0.05, 0) is 0 Å². The Bertz CT molecular complexity index is 223. The minimum atomic E-state index is -2.31. The molecule has 10 heavy (non-hydrogen) atoms. The third kappa shape index (κ3) is 1.42. The molecule has 0 saturated heterocycles. The van der Waals surface area contributed by atoms with Crippen LogP contribution in [0.2, 0.25) is 0 Å². The molecule has 3 heteroatoms. The Morgan fingerprint density at radius 1 is 1.20 bits per heavy atom. The fourth-order valence-corrected chi connectivity index (χ4v) is 1.41. The second-order valence-electron chi connectivity index (χ2n) is 2.16. The van der Waals surface area contributed by atoms with Crippen LogP contribution >= 0.6 is 0 Å². The van der Waals surface area contributed by atoms with Crippen LogP contribution in [0.5, 0.6) is 0 Å². The summed E-state index contributed by atoms with van der Waals surface area (Å²) in [6.45, 7) is 0. The zero-order valence-corrected chi connectivity index (χ0v) is 7.64. The topological polar surface area (TPSA) is 0 Å². The maximum absolute atomic E-state index is 12.1. The lowest BCUT2D eigenvalue weighted by Crippen LogP contribution is -2.09. The van der Waals surface area contributed by atoms with Gasteiger partial charge in [-0.2, -0.15) is 0 Å². The van der Waals surface area contributed by atoms with Crippen LogP contribution < -0.4 is 5.19 Å². The summed E-state index contributed by atoms with van der Waals surface area (Å²) >= 11 is 0. The predicted octanol–water partition coefficient (Wildman–Crippen LogP) is 0.615. The van der Waals surface area contributed by atoms with E-state index in [-0.39, 0.29) is 5.56 Å². The monoisotopic (exact) mass is 158 g/mol. The molecule has 1 rings (SSSR count). The number of hydrogen-bond donors (Lipinski definition) is 0. The van der Waals surface area contributed by atoms with Crippen molar-refractivity contribution in [1.82, 2.24) is 0 Å². The van der Waals surface area contributed by atoms with E-state index in [0.29, 0.717) is 10.2 Å². The molecule has 1 aromatic carbocycles. The van der Waals surface area contributed by atoms with Gasteiger partial charge in [-0.1, -0.05) is 29.5 Å². The first-order valence-electron chi connectivity index (χ1n) is 3.05. The van der Waals surface area contributed by atoms with E-state index in [9.17, 15) is 8.78 Å². The summed E-state index contributed by atoms with van der Waals surface area (Å²) in [6.07, 6.45) is -2.31. The molecule has 0 fully saturated rings. The summed E-state index contributed by atoms with van der Waals surface area (Å²) in [6, 6.07) is 6.65. The van der Waals surface area contributed by atoms with Crippen LogP contribution in [-0.2, 0) is 0 Å². The van der Waals surface area contributed by atoms with E-state index in [1.165, 1.54) is 6.07 Å². The molecule has 54 valence electrons. The first-order chi connectivity index (χ1) is 4.72. The van der Waals surface area contributed by atoms with Gasteiger partial charge in [0.1, 0.15) is 0 Å². The predicted molar refractivity (Wildman–Crippen MR) is 41.0 cm³/mol. The smallest absolute Gasteiger partial charge is 0.205 e. The van der Waals surface area contributed by atoms with Gasteiger partial charge in [0.2, 0.25) is 0 Å². The molecule has 0 radical (unpaired) electrons. The normalized spacial score (nSPS) is 10.7. The van der Waals surface area contributed by atoms with E-state index >= 15 is 0 Å². The zero-order chi connectivity index (χ0) is 7.56. The summed E-state index contributed by atoms with van der Waals surface area (Å²) in [4.78, 5) is 0. The average molecular weight is 158 g/mol. The van der Waals surface area contributed by atoms with Crippen molar-refractivity contribution in [3.63, 3.8) is 0 Å². The number of rotatable bonds is 1. The molecule has 0 bridgehead atoms. The van der Waals surface area contributed by atoms with Crippen molar-refractivity contribution in [1.29, 1.82) is 0 Å². The highest BCUT2D eigenvalue weighted by molar-refractivity contribution is 6.33. The highest BCUT2D eigenvalue weighted by atomic mass is 28.1. The largest absolute Gasteiger partial charge is 0.263 e. The molecule has 0 aliphatic rings. The molecule has 0 atom stereocenters. The summed E-state index contributed by atoms with van der Waals surface area (Å²) in [5, 5.41) is 0.789. The number of halogens is 2. The van der Waals surface area contributed by atoms with Crippen molar-refractivity contribution < 1.29 is 8.78 Å². The van der Waals surface area contributed by atoms with Crippen molar-refractivity contribution in [2.24, 2.45) is 0 Å². The molecule has 0 amide bonds. The molecule has 0 nitrogen and oxygen atoms in total.